The van der Waals surface area contributed by atoms with Crippen molar-refractivity contribution in [2.45, 2.75) is 6.92 Å². The Morgan fingerprint density at radius 2 is 1.86 bits per heavy atom. The second-order valence-corrected chi connectivity index (χ2v) is 5.22. The molecular formula is C16H20N4O. The normalized spacial score (nSPS) is 16.1. The van der Waals surface area contributed by atoms with E-state index in [1.165, 1.54) is 0 Å². The molecule has 5 nitrogen and oxygen atoms in total. The van der Waals surface area contributed by atoms with Crippen LogP contribution in [0, 0.1) is 0 Å². The van der Waals surface area contributed by atoms with Gasteiger partial charge in [-0.3, -0.25) is 4.79 Å². The van der Waals surface area contributed by atoms with Crippen LogP contribution in [0.15, 0.2) is 42.9 Å². The Kier molecular flexibility index (Phi) is 4.01. The quantitative estimate of drug-likeness (QED) is 0.860. The summed E-state index contributed by atoms with van der Waals surface area (Å²) in [5, 5.41) is 0. The predicted octanol–water partition coefficient (Wildman–Crippen LogP) is 1.65. The number of piperazine rings is 1. The second kappa shape index (κ2) is 6.10. The van der Waals surface area contributed by atoms with Gasteiger partial charge in [0, 0.05) is 44.8 Å². The highest BCUT2D eigenvalue weighted by molar-refractivity contribution is 5.94. The Hall–Kier alpha value is -2.14. The van der Waals surface area contributed by atoms with Crippen LogP contribution in [0.4, 0.5) is 0 Å². The molecule has 0 aliphatic carbocycles. The van der Waals surface area contributed by atoms with Crippen molar-refractivity contribution in [3.8, 4) is 5.82 Å². The summed E-state index contributed by atoms with van der Waals surface area (Å²) < 4.78 is 1.92. The minimum atomic E-state index is 0.0808. The number of likely N-dealkylation sites (N-methyl/N-ethyl adjacent to an activating group) is 1. The molecule has 1 saturated heterocycles. The number of nitrogens with zero attached hydrogens (tertiary/aromatic N) is 4. The average molecular weight is 284 g/mol. The van der Waals surface area contributed by atoms with Crippen molar-refractivity contribution in [1.82, 2.24) is 19.4 Å². The molecule has 0 unspecified atom stereocenters. The van der Waals surface area contributed by atoms with Crippen molar-refractivity contribution < 1.29 is 4.79 Å². The molecule has 2 aromatic rings. The van der Waals surface area contributed by atoms with E-state index >= 15 is 0 Å². The van der Waals surface area contributed by atoms with Crippen LogP contribution in [-0.2, 0) is 0 Å². The molecule has 0 atom stereocenters. The summed E-state index contributed by atoms with van der Waals surface area (Å²) in [6.45, 7) is 6.71. The van der Waals surface area contributed by atoms with Crippen LogP contribution in [0.2, 0.25) is 0 Å². The minimum absolute atomic E-state index is 0.0808. The Labute approximate surface area is 124 Å². The molecule has 1 fully saturated rings. The zero-order valence-electron chi connectivity index (χ0n) is 12.3. The van der Waals surface area contributed by atoms with E-state index in [0.29, 0.717) is 5.56 Å². The smallest absolute Gasteiger partial charge is 0.255 e. The molecule has 1 amide bonds. The van der Waals surface area contributed by atoms with Crippen molar-refractivity contribution in [3.63, 3.8) is 0 Å². The van der Waals surface area contributed by atoms with Gasteiger partial charge in [0.15, 0.2) is 0 Å². The van der Waals surface area contributed by atoms with Gasteiger partial charge in [-0.05, 0) is 30.8 Å². The van der Waals surface area contributed by atoms with Crippen LogP contribution in [0.3, 0.4) is 0 Å². The lowest BCUT2D eigenvalue weighted by Crippen LogP contribution is -2.48. The molecule has 21 heavy (non-hydrogen) atoms. The van der Waals surface area contributed by atoms with Gasteiger partial charge in [-0.2, -0.15) is 0 Å². The fourth-order valence-corrected chi connectivity index (χ4v) is 2.60. The second-order valence-electron chi connectivity index (χ2n) is 5.22. The number of rotatable bonds is 3. The maximum absolute atomic E-state index is 12.5. The van der Waals surface area contributed by atoms with Crippen molar-refractivity contribution in [1.29, 1.82) is 0 Å². The molecule has 1 aliphatic rings. The molecule has 0 bridgehead atoms. The fraction of sp³-hybridized carbons (Fsp3) is 0.375. The van der Waals surface area contributed by atoms with Gasteiger partial charge in [0.1, 0.15) is 5.82 Å². The maximum atomic E-state index is 12.5. The molecule has 2 aromatic heterocycles. The molecule has 0 saturated carbocycles. The van der Waals surface area contributed by atoms with E-state index in [4.69, 9.17) is 0 Å². The van der Waals surface area contributed by atoms with Gasteiger partial charge in [-0.15, -0.1) is 0 Å². The third kappa shape index (κ3) is 2.97. The van der Waals surface area contributed by atoms with Crippen LogP contribution in [0.5, 0.6) is 0 Å². The summed E-state index contributed by atoms with van der Waals surface area (Å²) in [6.07, 6.45) is 5.55. The minimum Gasteiger partial charge on any atom is -0.336 e. The summed E-state index contributed by atoms with van der Waals surface area (Å²) in [7, 11) is 0. The molecule has 0 radical (unpaired) electrons. The highest BCUT2D eigenvalue weighted by atomic mass is 16.2. The van der Waals surface area contributed by atoms with Crippen molar-refractivity contribution in [2.75, 3.05) is 32.7 Å². The van der Waals surface area contributed by atoms with E-state index in [9.17, 15) is 4.79 Å². The molecule has 5 heteroatoms. The number of hydrogen-bond acceptors (Lipinski definition) is 3. The van der Waals surface area contributed by atoms with E-state index in [1.54, 1.807) is 6.20 Å². The largest absolute Gasteiger partial charge is 0.336 e. The van der Waals surface area contributed by atoms with Crippen LogP contribution < -0.4 is 0 Å². The number of aromatic nitrogens is 2. The van der Waals surface area contributed by atoms with Gasteiger partial charge in [-0.25, -0.2) is 4.98 Å². The van der Waals surface area contributed by atoms with Crippen LogP contribution in [-0.4, -0.2) is 58.0 Å². The number of hydrogen-bond donors (Lipinski definition) is 0. The van der Waals surface area contributed by atoms with E-state index in [2.05, 4.69) is 16.8 Å². The third-order valence-corrected chi connectivity index (χ3v) is 3.97. The standard InChI is InChI=1S/C16H20N4O/c1-2-18-9-11-20(12-10-18)16(21)14-5-6-15(17-13-14)19-7-3-4-8-19/h3-8,13H,2,9-12H2,1H3. The number of carbonyl (C=O) groups is 1. The molecule has 0 N–H and O–H groups in total. The van der Waals surface area contributed by atoms with Crippen molar-refractivity contribution in [3.05, 3.63) is 48.4 Å². The van der Waals surface area contributed by atoms with Gasteiger partial charge >= 0.3 is 0 Å². The lowest BCUT2D eigenvalue weighted by molar-refractivity contribution is 0.0643. The van der Waals surface area contributed by atoms with Crippen LogP contribution >= 0.6 is 0 Å². The third-order valence-electron chi connectivity index (χ3n) is 3.97. The Bertz CT molecular complexity index is 583. The van der Waals surface area contributed by atoms with Gasteiger partial charge < -0.3 is 14.4 Å². The van der Waals surface area contributed by atoms with Crippen LogP contribution in [0.25, 0.3) is 5.82 Å². The van der Waals surface area contributed by atoms with Gasteiger partial charge in [0.05, 0.1) is 5.56 Å². The monoisotopic (exact) mass is 284 g/mol. The summed E-state index contributed by atoms with van der Waals surface area (Å²) in [6, 6.07) is 7.65. The lowest BCUT2D eigenvalue weighted by atomic mass is 10.2. The van der Waals surface area contributed by atoms with Crippen molar-refractivity contribution in [2.24, 2.45) is 0 Å². The summed E-state index contributed by atoms with van der Waals surface area (Å²) in [4.78, 5) is 21.1. The number of amides is 1. The Balaban J connectivity index is 1.68. The Morgan fingerprint density at radius 3 is 2.43 bits per heavy atom. The summed E-state index contributed by atoms with van der Waals surface area (Å²) in [5.41, 5.74) is 0.663. The molecule has 1 aliphatic heterocycles. The Morgan fingerprint density at radius 1 is 1.14 bits per heavy atom. The lowest BCUT2D eigenvalue weighted by Gasteiger charge is -2.34. The zero-order chi connectivity index (χ0) is 14.7. The molecule has 0 aromatic carbocycles. The van der Waals surface area contributed by atoms with E-state index in [-0.39, 0.29) is 5.91 Å². The molecule has 3 rings (SSSR count). The highest BCUT2D eigenvalue weighted by Crippen LogP contribution is 2.10. The first-order chi connectivity index (χ1) is 10.3. The first kappa shape index (κ1) is 13.8. The zero-order valence-corrected chi connectivity index (χ0v) is 12.3. The van der Waals surface area contributed by atoms with Crippen molar-refractivity contribution >= 4 is 5.91 Å². The maximum Gasteiger partial charge on any atom is 0.255 e. The summed E-state index contributed by atoms with van der Waals surface area (Å²) in [5.74, 6) is 0.907. The molecule has 0 spiro atoms. The van der Waals surface area contributed by atoms with E-state index in [1.807, 2.05) is 46.1 Å². The number of carbonyl (C=O) groups excluding carboxylic acids is 1. The first-order valence-electron chi connectivity index (χ1n) is 7.39. The highest BCUT2D eigenvalue weighted by Gasteiger charge is 2.21. The van der Waals surface area contributed by atoms with Gasteiger partial charge in [-0.1, -0.05) is 6.92 Å². The molecule has 110 valence electrons. The van der Waals surface area contributed by atoms with Gasteiger partial charge in [0.2, 0.25) is 0 Å². The topological polar surface area (TPSA) is 41.4 Å². The summed E-state index contributed by atoms with van der Waals surface area (Å²) >= 11 is 0. The predicted molar refractivity (Wildman–Crippen MR) is 81.6 cm³/mol. The first-order valence-corrected chi connectivity index (χ1v) is 7.39. The van der Waals surface area contributed by atoms with Crippen LogP contribution in [0.1, 0.15) is 17.3 Å². The van der Waals surface area contributed by atoms with E-state index < -0.39 is 0 Å². The fourth-order valence-electron chi connectivity index (χ4n) is 2.60. The average Bonchev–Trinajstić information content (AvgIpc) is 3.09. The molecular weight excluding hydrogens is 264 g/mol. The number of pyridine rings is 1. The SMILES string of the molecule is CCN1CCN(C(=O)c2ccc(-n3cccc3)nc2)CC1. The van der Waals surface area contributed by atoms with E-state index in [0.717, 1.165) is 38.5 Å². The van der Waals surface area contributed by atoms with Gasteiger partial charge in [0.25, 0.3) is 5.91 Å². The molecule has 3 heterocycles.